The molecular weight excluding hydrogens is 342 g/mol. The monoisotopic (exact) mass is 369 g/mol. The maximum atomic E-state index is 12.3. The third kappa shape index (κ3) is 4.60. The van der Waals surface area contributed by atoms with Gasteiger partial charge in [0.2, 0.25) is 0 Å². The van der Waals surface area contributed by atoms with Gasteiger partial charge >= 0.3 is 5.69 Å². The number of thiocarbonyl (C=S) groups is 1. The number of unbranched alkanes of at least 4 members (excludes halogenated alkanes) is 1. The van der Waals surface area contributed by atoms with Gasteiger partial charge in [-0.3, -0.25) is 14.3 Å². The molecule has 0 spiro atoms. The van der Waals surface area contributed by atoms with Crippen molar-refractivity contribution in [3.8, 4) is 0 Å². The molecule has 0 radical (unpaired) electrons. The molecule has 0 aromatic carbocycles. The van der Waals surface area contributed by atoms with Gasteiger partial charge in [-0.05, 0) is 38.4 Å². The van der Waals surface area contributed by atoms with E-state index in [4.69, 9.17) is 22.7 Å². The van der Waals surface area contributed by atoms with Crippen molar-refractivity contribution < 1.29 is 4.74 Å². The molecule has 1 aromatic rings. The minimum Gasteiger partial charge on any atom is -0.383 e. The van der Waals surface area contributed by atoms with Crippen LogP contribution in [-0.4, -0.2) is 40.5 Å². The van der Waals surface area contributed by atoms with Crippen LogP contribution in [0.5, 0.6) is 0 Å². The lowest BCUT2D eigenvalue weighted by molar-refractivity contribution is 0.114. The Kier molecular flexibility index (Phi) is 7.01. The highest BCUT2D eigenvalue weighted by atomic mass is 32.1. The van der Waals surface area contributed by atoms with Crippen LogP contribution in [-0.2, 0) is 11.3 Å². The van der Waals surface area contributed by atoms with Crippen molar-refractivity contribution in [1.82, 2.24) is 14.9 Å². The lowest BCUT2D eigenvalue weighted by Crippen LogP contribution is -2.46. The molecule has 0 aliphatic carbocycles. The SMILES string of the molecule is CCCCn1c(N)c(N(CC)C(=S)NC[C@H]2CCCO2)c(=O)[nH]c1=O. The van der Waals surface area contributed by atoms with E-state index in [9.17, 15) is 9.59 Å². The van der Waals surface area contributed by atoms with Crippen molar-refractivity contribution in [2.45, 2.75) is 52.2 Å². The number of nitrogens with two attached hydrogens (primary N) is 1. The van der Waals surface area contributed by atoms with Gasteiger partial charge in [-0.1, -0.05) is 13.3 Å². The van der Waals surface area contributed by atoms with E-state index in [1.165, 1.54) is 4.57 Å². The Bertz CT molecular complexity index is 709. The average molecular weight is 369 g/mol. The van der Waals surface area contributed by atoms with Gasteiger partial charge in [-0.25, -0.2) is 4.79 Å². The Morgan fingerprint density at radius 2 is 2.24 bits per heavy atom. The number of nitrogen functional groups attached to an aromatic ring is 1. The number of H-pyrrole nitrogens is 1. The molecule has 4 N–H and O–H groups in total. The number of nitrogens with one attached hydrogen (secondary N) is 2. The highest BCUT2D eigenvalue weighted by Crippen LogP contribution is 2.17. The van der Waals surface area contributed by atoms with E-state index in [1.807, 2.05) is 13.8 Å². The first-order valence-corrected chi connectivity index (χ1v) is 9.19. The predicted molar refractivity (Wildman–Crippen MR) is 103 cm³/mol. The summed E-state index contributed by atoms with van der Waals surface area (Å²) in [6.45, 7) is 6.17. The number of aromatic amines is 1. The summed E-state index contributed by atoms with van der Waals surface area (Å²) in [4.78, 5) is 28.4. The van der Waals surface area contributed by atoms with E-state index in [0.717, 1.165) is 32.3 Å². The van der Waals surface area contributed by atoms with Gasteiger partial charge in [-0.2, -0.15) is 0 Å². The van der Waals surface area contributed by atoms with Crippen LogP contribution in [0.4, 0.5) is 11.5 Å². The summed E-state index contributed by atoms with van der Waals surface area (Å²) in [6.07, 6.45) is 3.88. The van der Waals surface area contributed by atoms with E-state index < -0.39 is 11.2 Å². The van der Waals surface area contributed by atoms with Crippen molar-refractivity contribution in [1.29, 1.82) is 0 Å². The van der Waals surface area contributed by atoms with Gasteiger partial charge in [0.25, 0.3) is 5.56 Å². The number of aromatic nitrogens is 2. The highest BCUT2D eigenvalue weighted by molar-refractivity contribution is 7.80. The molecule has 1 atom stereocenters. The van der Waals surface area contributed by atoms with Crippen molar-refractivity contribution in [2.24, 2.45) is 0 Å². The second kappa shape index (κ2) is 9.00. The van der Waals surface area contributed by atoms with Crippen LogP contribution in [0, 0.1) is 0 Å². The summed E-state index contributed by atoms with van der Waals surface area (Å²) in [6, 6.07) is 0. The quantitative estimate of drug-likeness (QED) is 0.611. The minimum absolute atomic E-state index is 0.130. The number of ether oxygens (including phenoxy) is 1. The van der Waals surface area contributed by atoms with Crippen molar-refractivity contribution in [3.05, 3.63) is 20.8 Å². The number of hydrogen-bond acceptors (Lipinski definition) is 5. The lowest BCUT2D eigenvalue weighted by atomic mass is 10.2. The van der Waals surface area contributed by atoms with Gasteiger partial charge in [-0.15, -0.1) is 0 Å². The van der Waals surface area contributed by atoms with Crippen LogP contribution < -0.4 is 27.2 Å². The van der Waals surface area contributed by atoms with Crippen LogP contribution >= 0.6 is 12.2 Å². The molecule has 0 saturated carbocycles. The second-order valence-corrected chi connectivity index (χ2v) is 6.45. The smallest absolute Gasteiger partial charge is 0.330 e. The fraction of sp³-hybridized carbons (Fsp3) is 0.688. The van der Waals surface area contributed by atoms with Gasteiger partial charge < -0.3 is 20.7 Å². The standard InChI is InChI=1S/C16H27N5O3S/c1-3-5-8-21-13(17)12(14(22)19-15(21)23)20(4-2)16(25)18-10-11-7-6-9-24-11/h11H,3-10,17H2,1-2H3,(H,18,25)(H,19,22,23)/t11-/m1/s1. The first-order chi connectivity index (χ1) is 12.0. The predicted octanol–water partition coefficient (Wildman–Crippen LogP) is 0.799. The molecule has 9 heteroatoms. The Labute approximate surface area is 152 Å². The van der Waals surface area contributed by atoms with Gasteiger partial charge in [0.05, 0.1) is 6.10 Å². The largest absolute Gasteiger partial charge is 0.383 e. The molecule has 1 aliphatic rings. The van der Waals surface area contributed by atoms with Crippen LogP contribution in [0.25, 0.3) is 0 Å². The summed E-state index contributed by atoms with van der Waals surface area (Å²) in [5.74, 6) is 0.144. The summed E-state index contributed by atoms with van der Waals surface area (Å²) < 4.78 is 6.96. The fourth-order valence-corrected chi connectivity index (χ4v) is 3.19. The molecular formula is C16H27N5O3S. The molecule has 1 aliphatic heterocycles. The Hall–Kier alpha value is -1.87. The average Bonchev–Trinajstić information content (AvgIpc) is 3.09. The zero-order valence-corrected chi connectivity index (χ0v) is 15.7. The molecule has 1 fully saturated rings. The van der Waals surface area contributed by atoms with Crippen LogP contribution in [0.3, 0.4) is 0 Å². The number of anilines is 2. The molecule has 1 saturated heterocycles. The number of hydrogen-bond donors (Lipinski definition) is 3. The molecule has 140 valence electrons. The molecule has 25 heavy (non-hydrogen) atoms. The van der Waals surface area contributed by atoms with Crippen LogP contribution in [0.15, 0.2) is 9.59 Å². The summed E-state index contributed by atoms with van der Waals surface area (Å²) in [5.41, 5.74) is 5.34. The lowest BCUT2D eigenvalue weighted by Gasteiger charge is -2.26. The van der Waals surface area contributed by atoms with Gasteiger partial charge in [0.1, 0.15) is 5.82 Å². The first kappa shape index (κ1) is 19.5. The summed E-state index contributed by atoms with van der Waals surface area (Å²) in [7, 11) is 0. The van der Waals surface area contributed by atoms with E-state index in [2.05, 4.69) is 10.3 Å². The normalized spacial score (nSPS) is 16.8. The maximum Gasteiger partial charge on any atom is 0.330 e. The first-order valence-electron chi connectivity index (χ1n) is 8.79. The zero-order valence-electron chi connectivity index (χ0n) is 14.8. The number of rotatable bonds is 7. The molecule has 0 bridgehead atoms. The number of nitrogens with zero attached hydrogens (tertiary/aromatic N) is 2. The van der Waals surface area contributed by atoms with Crippen LogP contribution in [0.2, 0.25) is 0 Å². The zero-order chi connectivity index (χ0) is 18.4. The molecule has 0 amide bonds. The van der Waals surface area contributed by atoms with E-state index in [1.54, 1.807) is 4.90 Å². The van der Waals surface area contributed by atoms with Crippen molar-refractivity contribution in [3.63, 3.8) is 0 Å². The van der Waals surface area contributed by atoms with Crippen molar-refractivity contribution in [2.75, 3.05) is 30.3 Å². The van der Waals surface area contributed by atoms with Crippen molar-refractivity contribution >= 4 is 28.8 Å². The van der Waals surface area contributed by atoms with Crippen LogP contribution in [0.1, 0.15) is 39.5 Å². The molecule has 2 heterocycles. The van der Waals surface area contributed by atoms with E-state index in [-0.39, 0.29) is 17.6 Å². The second-order valence-electron chi connectivity index (χ2n) is 6.06. The molecule has 0 unspecified atom stereocenters. The molecule has 1 aromatic heterocycles. The Morgan fingerprint density at radius 3 is 2.84 bits per heavy atom. The minimum atomic E-state index is -0.529. The van der Waals surface area contributed by atoms with Gasteiger partial charge in [0.15, 0.2) is 10.8 Å². The topological polar surface area (TPSA) is 105 Å². The maximum absolute atomic E-state index is 12.3. The fourth-order valence-electron chi connectivity index (χ4n) is 2.88. The summed E-state index contributed by atoms with van der Waals surface area (Å²) in [5, 5.41) is 3.54. The summed E-state index contributed by atoms with van der Waals surface area (Å²) >= 11 is 5.44. The highest BCUT2D eigenvalue weighted by Gasteiger charge is 2.22. The van der Waals surface area contributed by atoms with E-state index in [0.29, 0.717) is 24.7 Å². The molecule has 2 rings (SSSR count). The Morgan fingerprint density at radius 1 is 1.48 bits per heavy atom. The third-order valence-corrected chi connectivity index (χ3v) is 4.65. The third-order valence-electron chi connectivity index (χ3n) is 4.29. The van der Waals surface area contributed by atoms with Gasteiger partial charge in [0, 0.05) is 26.2 Å². The van der Waals surface area contributed by atoms with E-state index >= 15 is 0 Å². The molecule has 8 nitrogen and oxygen atoms in total. The Balaban J connectivity index is 2.24.